The molecule has 0 atom stereocenters. The zero-order valence-corrected chi connectivity index (χ0v) is 14.9. The summed E-state index contributed by atoms with van der Waals surface area (Å²) in [5.41, 5.74) is 1.96. The molecule has 7 nitrogen and oxygen atoms in total. The molecular formula is C17H18N2O5S. The summed E-state index contributed by atoms with van der Waals surface area (Å²) in [6.45, 7) is 0. The van der Waals surface area contributed by atoms with Gasteiger partial charge in [0.2, 0.25) is 5.91 Å². The fourth-order valence-electron chi connectivity index (χ4n) is 2.74. The van der Waals surface area contributed by atoms with Crippen molar-refractivity contribution in [1.82, 2.24) is 0 Å². The molecule has 0 spiro atoms. The number of nitrogens with zero attached hydrogens (tertiary/aromatic N) is 1. The smallest absolute Gasteiger partial charge is 0.265 e. The maximum Gasteiger partial charge on any atom is 0.265 e. The Hall–Kier alpha value is -2.74. The van der Waals surface area contributed by atoms with Crippen LogP contribution in [0.4, 0.5) is 11.4 Å². The number of hydrogen-bond donors (Lipinski definition) is 1. The first-order chi connectivity index (χ1) is 11.9. The van der Waals surface area contributed by atoms with Gasteiger partial charge in [0.25, 0.3) is 10.0 Å². The Morgan fingerprint density at radius 1 is 1.08 bits per heavy atom. The van der Waals surface area contributed by atoms with Crippen molar-refractivity contribution in [2.75, 3.05) is 30.9 Å². The highest BCUT2D eigenvalue weighted by molar-refractivity contribution is 7.92. The van der Waals surface area contributed by atoms with Crippen LogP contribution in [0.3, 0.4) is 0 Å². The average molecular weight is 362 g/mol. The van der Waals surface area contributed by atoms with Crippen LogP contribution < -0.4 is 19.1 Å². The van der Waals surface area contributed by atoms with E-state index in [1.54, 1.807) is 36.2 Å². The van der Waals surface area contributed by atoms with Gasteiger partial charge in [-0.1, -0.05) is 0 Å². The molecule has 2 aromatic carbocycles. The molecule has 3 rings (SSSR count). The summed E-state index contributed by atoms with van der Waals surface area (Å²) in [4.78, 5) is 13.3. The Morgan fingerprint density at radius 2 is 1.84 bits per heavy atom. The molecule has 0 bridgehead atoms. The molecule has 0 radical (unpaired) electrons. The number of ether oxygens (including phenoxy) is 2. The van der Waals surface area contributed by atoms with Crippen molar-refractivity contribution in [3.05, 3.63) is 42.0 Å². The minimum Gasteiger partial charge on any atom is -0.497 e. The molecular weight excluding hydrogens is 344 g/mol. The zero-order chi connectivity index (χ0) is 18.2. The largest absolute Gasteiger partial charge is 0.497 e. The van der Waals surface area contributed by atoms with Crippen LogP contribution >= 0.6 is 0 Å². The third-order valence-electron chi connectivity index (χ3n) is 4.07. The second-order valence-electron chi connectivity index (χ2n) is 5.60. The molecule has 0 aliphatic carbocycles. The summed E-state index contributed by atoms with van der Waals surface area (Å²) in [7, 11) is 0.724. The topological polar surface area (TPSA) is 84.9 Å². The van der Waals surface area contributed by atoms with E-state index in [9.17, 15) is 13.2 Å². The summed E-state index contributed by atoms with van der Waals surface area (Å²) < 4.78 is 38.2. The third-order valence-corrected chi connectivity index (χ3v) is 5.49. The Bertz CT molecular complexity index is 940. The summed E-state index contributed by atoms with van der Waals surface area (Å²) in [6, 6.07) is 9.50. The molecule has 0 fully saturated rings. The number of fused-ring (bicyclic) bond motifs is 1. The van der Waals surface area contributed by atoms with E-state index < -0.39 is 10.0 Å². The van der Waals surface area contributed by atoms with Gasteiger partial charge in [-0.05, 0) is 35.9 Å². The summed E-state index contributed by atoms with van der Waals surface area (Å²) >= 11 is 0. The van der Waals surface area contributed by atoms with Crippen LogP contribution in [0.5, 0.6) is 11.5 Å². The van der Waals surface area contributed by atoms with Crippen LogP contribution in [0, 0.1) is 0 Å². The van der Waals surface area contributed by atoms with Gasteiger partial charge >= 0.3 is 0 Å². The maximum absolute atomic E-state index is 12.7. The molecule has 132 valence electrons. The van der Waals surface area contributed by atoms with Crippen LogP contribution in [0.1, 0.15) is 5.56 Å². The third kappa shape index (κ3) is 3.12. The van der Waals surface area contributed by atoms with E-state index in [1.165, 1.54) is 26.4 Å². The van der Waals surface area contributed by atoms with E-state index in [2.05, 4.69) is 4.72 Å². The van der Waals surface area contributed by atoms with E-state index >= 15 is 0 Å². The lowest BCUT2D eigenvalue weighted by molar-refractivity contribution is -0.117. The van der Waals surface area contributed by atoms with E-state index in [4.69, 9.17) is 9.47 Å². The van der Waals surface area contributed by atoms with Gasteiger partial charge in [-0.15, -0.1) is 0 Å². The molecule has 1 amide bonds. The number of nitrogens with one attached hydrogen (secondary N) is 1. The van der Waals surface area contributed by atoms with Crippen LogP contribution in [-0.2, 0) is 21.2 Å². The molecule has 0 saturated heterocycles. The van der Waals surface area contributed by atoms with Gasteiger partial charge in [-0.2, -0.15) is 0 Å². The first-order valence-corrected chi connectivity index (χ1v) is 8.98. The van der Waals surface area contributed by atoms with Crippen molar-refractivity contribution in [2.45, 2.75) is 11.3 Å². The molecule has 1 heterocycles. The van der Waals surface area contributed by atoms with E-state index in [0.717, 1.165) is 11.3 Å². The fourth-order valence-corrected chi connectivity index (χ4v) is 3.94. The lowest BCUT2D eigenvalue weighted by Crippen LogP contribution is -2.20. The highest BCUT2D eigenvalue weighted by Gasteiger charge is 2.25. The maximum atomic E-state index is 12.7. The first-order valence-electron chi connectivity index (χ1n) is 7.50. The molecule has 25 heavy (non-hydrogen) atoms. The zero-order valence-electron chi connectivity index (χ0n) is 14.1. The predicted molar refractivity (Wildman–Crippen MR) is 93.9 cm³/mol. The van der Waals surface area contributed by atoms with Gasteiger partial charge in [-0.25, -0.2) is 8.42 Å². The summed E-state index contributed by atoms with van der Waals surface area (Å²) in [6.07, 6.45) is 0.257. The highest BCUT2D eigenvalue weighted by atomic mass is 32.2. The van der Waals surface area contributed by atoms with Crippen LogP contribution in [0.15, 0.2) is 41.3 Å². The summed E-state index contributed by atoms with van der Waals surface area (Å²) in [5.74, 6) is 0.657. The van der Waals surface area contributed by atoms with Crippen molar-refractivity contribution in [3.8, 4) is 11.5 Å². The number of benzene rings is 2. The van der Waals surface area contributed by atoms with Gasteiger partial charge in [0.05, 0.1) is 20.6 Å². The van der Waals surface area contributed by atoms with Crippen molar-refractivity contribution >= 4 is 27.3 Å². The van der Waals surface area contributed by atoms with Crippen molar-refractivity contribution in [1.29, 1.82) is 0 Å². The second kappa shape index (κ2) is 6.29. The average Bonchev–Trinajstić information content (AvgIpc) is 2.87. The predicted octanol–water partition coefficient (Wildman–Crippen LogP) is 2.02. The van der Waals surface area contributed by atoms with E-state index in [1.807, 2.05) is 0 Å². The lowest BCUT2D eigenvalue weighted by Gasteiger charge is -2.14. The van der Waals surface area contributed by atoms with Crippen LogP contribution in [0.25, 0.3) is 0 Å². The number of sulfonamides is 1. The Balaban J connectivity index is 1.93. The summed E-state index contributed by atoms with van der Waals surface area (Å²) in [5, 5.41) is 0. The number of amides is 1. The number of methoxy groups -OCH3 is 2. The van der Waals surface area contributed by atoms with Gasteiger partial charge in [-0.3, -0.25) is 9.52 Å². The van der Waals surface area contributed by atoms with E-state index in [0.29, 0.717) is 11.4 Å². The monoisotopic (exact) mass is 362 g/mol. The minimum absolute atomic E-state index is 0.00416. The number of carbonyl (C=O) groups is 1. The highest BCUT2D eigenvalue weighted by Crippen LogP contribution is 2.33. The van der Waals surface area contributed by atoms with Gasteiger partial charge < -0.3 is 14.4 Å². The van der Waals surface area contributed by atoms with Crippen molar-refractivity contribution in [2.24, 2.45) is 0 Å². The quantitative estimate of drug-likeness (QED) is 0.880. The first kappa shape index (κ1) is 17.1. The number of carbonyl (C=O) groups excluding carboxylic acids is 1. The molecule has 1 N–H and O–H groups in total. The minimum atomic E-state index is -3.85. The molecule has 2 aromatic rings. The number of likely N-dealkylation sites (N-methyl/N-ethyl adjacent to an activating group) is 1. The van der Waals surface area contributed by atoms with Gasteiger partial charge in [0.1, 0.15) is 16.4 Å². The normalized spacial score (nSPS) is 13.6. The Labute approximate surface area is 146 Å². The number of hydrogen-bond acceptors (Lipinski definition) is 5. The van der Waals surface area contributed by atoms with Crippen LogP contribution in [-0.4, -0.2) is 35.6 Å². The van der Waals surface area contributed by atoms with Gasteiger partial charge in [0, 0.05) is 24.5 Å². The molecule has 0 unspecified atom stereocenters. The molecule has 1 aliphatic heterocycles. The van der Waals surface area contributed by atoms with Crippen molar-refractivity contribution < 1.29 is 22.7 Å². The second-order valence-corrected chi connectivity index (χ2v) is 7.25. The SMILES string of the molecule is COc1ccc(S(=O)(=O)Nc2ccc3c(c2)CC(=O)N3C)c(OC)c1. The number of rotatable bonds is 5. The standard InChI is InChI=1S/C17H18N2O5S/c1-19-14-6-4-12(8-11(14)9-17(19)20)18-25(21,22)16-7-5-13(23-2)10-15(16)24-3/h4-8,10,18H,9H2,1-3H3. The molecule has 0 saturated carbocycles. The van der Waals surface area contributed by atoms with Crippen LogP contribution in [0.2, 0.25) is 0 Å². The molecule has 8 heteroatoms. The fraction of sp³-hybridized carbons (Fsp3) is 0.235. The van der Waals surface area contributed by atoms with Crippen molar-refractivity contribution in [3.63, 3.8) is 0 Å². The Morgan fingerprint density at radius 3 is 2.52 bits per heavy atom. The van der Waals surface area contributed by atoms with Gasteiger partial charge in [0.15, 0.2) is 0 Å². The number of anilines is 2. The Kier molecular flexibility index (Phi) is 4.30. The molecule has 0 aromatic heterocycles. The molecule has 1 aliphatic rings. The van der Waals surface area contributed by atoms with E-state index in [-0.39, 0.29) is 23.0 Å². The lowest BCUT2D eigenvalue weighted by atomic mass is 10.1.